The molecule has 10 nitrogen and oxygen atoms in total. The van der Waals surface area contributed by atoms with Crippen molar-refractivity contribution in [3.05, 3.63) is 60.0 Å². The molecule has 2 aliphatic rings. The van der Waals surface area contributed by atoms with Crippen molar-refractivity contribution in [2.75, 3.05) is 33.2 Å². The van der Waals surface area contributed by atoms with Crippen LogP contribution >= 0.6 is 0 Å². The number of carbonyl (C=O) groups is 2. The van der Waals surface area contributed by atoms with E-state index in [1.807, 2.05) is 64.3 Å². The van der Waals surface area contributed by atoms with Crippen LogP contribution in [0.1, 0.15) is 58.6 Å². The molecule has 1 saturated heterocycles. The minimum atomic E-state index is -1.44. The van der Waals surface area contributed by atoms with Crippen LogP contribution in [-0.4, -0.2) is 99.4 Å². The predicted molar refractivity (Wildman–Crippen MR) is 151 cm³/mol. The first-order valence-electron chi connectivity index (χ1n) is 14.0. The summed E-state index contributed by atoms with van der Waals surface area (Å²) in [6.45, 7) is 9.98. The maximum Gasteiger partial charge on any atom is 0.410 e. The van der Waals surface area contributed by atoms with Crippen molar-refractivity contribution in [2.45, 2.75) is 76.8 Å². The topological polar surface area (TPSA) is 125 Å². The van der Waals surface area contributed by atoms with Crippen LogP contribution in [0.5, 0.6) is 0 Å². The van der Waals surface area contributed by atoms with Gasteiger partial charge < -0.3 is 29.5 Å². The van der Waals surface area contributed by atoms with Gasteiger partial charge in [-0.1, -0.05) is 38.2 Å². The highest BCUT2D eigenvalue weighted by Gasteiger charge is 2.36. The maximum atomic E-state index is 13.0. The van der Waals surface area contributed by atoms with E-state index in [2.05, 4.69) is 15.1 Å². The molecule has 2 N–H and O–H groups in total. The van der Waals surface area contributed by atoms with Crippen LogP contribution in [0.3, 0.4) is 0 Å². The number of amides is 1. The molecule has 1 fully saturated rings. The van der Waals surface area contributed by atoms with Gasteiger partial charge in [0.1, 0.15) is 11.7 Å². The number of ether oxygens (including phenoxy) is 2. The lowest BCUT2D eigenvalue weighted by Crippen LogP contribution is -2.50. The van der Waals surface area contributed by atoms with Crippen molar-refractivity contribution in [3.63, 3.8) is 0 Å². The van der Waals surface area contributed by atoms with E-state index in [9.17, 15) is 19.8 Å². The van der Waals surface area contributed by atoms with Crippen molar-refractivity contribution < 1.29 is 29.3 Å². The zero-order valence-corrected chi connectivity index (χ0v) is 24.3. The molecular formula is C30H44N4O6. The molecule has 3 rings (SSSR count). The number of aliphatic hydroxyl groups is 2. The summed E-state index contributed by atoms with van der Waals surface area (Å²) >= 11 is 0. The third-order valence-corrected chi connectivity index (χ3v) is 7.58. The quantitative estimate of drug-likeness (QED) is 0.319. The van der Waals surface area contributed by atoms with Crippen LogP contribution in [-0.2, 0) is 14.3 Å². The standard InChI is InChI=1S/C30H44N4O6/c1-21(25-10-7-15-31-32-25)8-6-9-22(2)28-23(3)11-12-26(39-29(37)34-18-16-33(5)17-19-34)30(4,38)14-13-24(35)20-27(36)40-28/h6-12,15,21,23-24,26,28,35,38H,13-14,16-20H2,1-5H3/b8-6+,12-11-,22-9+/t21?,23-,24-,26-,28+,30-/m0/s1. The molecule has 1 aromatic heterocycles. The number of aromatic nitrogens is 2. The minimum Gasteiger partial charge on any atom is -0.457 e. The van der Waals surface area contributed by atoms with Gasteiger partial charge in [0.15, 0.2) is 6.10 Å². The molecular weight excluding hydrogens is 512 g/mol. The Morgan fingerprint density at radius 3 is 2.67 bits per heavy atom. The van der Waals surface area contributed by atoms with Crippen molar-refractivity contribution in [3.8, 4) is 0 Å². The smallest absolute Gasteiger partial charge is 0.410 e. The number of hydrogen-bond donors (Lipinski definition) is 2. The molecule has 6 atom stereocenters. The number of allylic oxidation sites excluding steroid dienone is 3. The molecule has 0 aromatic carbocycles. The van der Waals surface area contributed by atoms with E-state index in [1.54, 1.807) is 24.1 Å². The van der Waals surface area contributed by atoms with Crippen LogP contribution in [0.2, 0.25) is 0 Å². The third-order valence-electron chi connectivity index (χ3n) is 7.58. The Balaban J connectivity index is 1.81. The number of hydrogen-bond acceptors (Lipinski definition) is 9. The van der Waals surface area contributed by atoms with E-state index in [-0.39, 0.29) is 31.1 Å². The molecule has 3 heterocycles. The highest BCUT2D eigenvalue weighted by molar-refractivity contribution is 5.70. The van der Waals surface area contributed by atoms with Gasteiger partial charge >= 0.3 is 12.1 Å². The fourth-order valence-corrected chi connectivity index (χ4v) is 4.75. The molecule has 0 radical (unpaired) electrons. The van der Waals surface area contributed by atoms with Gasteiger partial charge in [0.05, 0.1) is 18.2 Å². The van der Waals surface area contributed by atoms with E-state index in [1.165, 1.54) is 0 Å². The summed E-state index contributed by atoms with van der Waals surface area (Å²) in [6.07, 6.45) is 7.94. The molecule has 40 heavy (non-hydrogen) atoms. The third kappa shape index (κ3) is 9.25. The Morgan fingerprint density at radius 2 is 2.00 bits per heavy atom. The molecule has 0 bridgehead atoms. The van der Waals surface area contributed by atoms with Crippen molar-refractivity contribution in [1.82, 2.24) is 20.0 Å². The number of nitrogens with zero attached hydrogens (tertiary/aromatic N) is 4. The molecule has 1 unspecified atom stereocenters. The lowest BCUT2D eigenvalue weighted by atomic mass is 9.88. The molecule has 10 heteroatoms. The monoisotopic (exact) mass is 556 g/mol. The van der Waals surface area contributed by atoms with Gasteiger partial charge in [-0.15, -0.1) is 0 Å². The van der Waals surface area contributed by atoms with Crippen LogP contribution in [0.4, 0.5) is 4.79 Å². The molecule has 1 amide bonds. The van der Waals surface area contributed by atoms with Gasteiger partial charge in [-0.25, -0.2) is 4.79 Å². The molecule has 0 aliphatic carbocycles. The fraction of sp³-hybridized carbons (Fsp3) is 0.600. The number of piperazine rings is 1. The first-order valence-corrected chi connectivity index (χ1v) is 14.0. The average Bonchev–Trinajstić information content (AvgIpc) is 2.92. The zero-order chi connectivity index (χ0) is 29.3. The Morgan fingerprint density at radius 1 is 1.27 bits per heavy atom. The van der Waals surface area contributed by atoms with Gasteiger partial charge in [-0.05, 0) is 57.5 Å². The van der Waals surface area contributed by atoms with Crippen molar-refractivity contribution in [1.29, 1.82) is 0 Å². The maximum absolute atomic E-state index is 13.0. The second-order valence-corrected chi connectivity index (χ2v) is 11.2. The number of rotatable bonds is 5. The van der Waals surface area contributed by atoms with E-state index < -0.39 is 36.0 Å². The predicted octanol–water partition coefficient (Wildman–Crippen LogP) is 3.24. The van der Waals surface area contributed by atoms with Gasteiger partial charge in [-0.2, -0.15) is 10.2 Å². The number of likely N-dealkylation sites (N-methyl/N-ethyl adjacent to an activating group) is 1. The normalized spacial score (nSPS) is 31.1. The Kier molecular flexibility index (Phi) is 11.4. The number of carbonyl (C=O) groups excluding carboxylic acids is 2. The average molecular weight is 557 g/mol. The van der Waals surface area contributed by atoms with Crippen LogP contribution in [0.15, 0.2) is 54.3 Å². The highest BCUT2D eigenvalue weighted by Crippen LogP contribution is 2.27. The van der Waals surface area contributed by atoms with Crippen molar-refractivity contribution >= 4 is 12.1 Å². The summed E-state index contributed by atoms with van der Waals surface area (Å²) in [5, 5.41) is 29.9. The molecule has 1 aromatic rings. The molecule has 220 valence electrons. The lowest BCUT2D eigenvalue weighted by Gasteiger charge is -2.36. The first-order chi connectivity index (χ1) is 19.0. The number of aliphatic hydroxyl groups excluding tert-OH is 1. The summed E-state index contributed by atoms with van der Waals surface area (Å²) in [5.74, 6) is -0.772. The van der Waals surface area contributed by atoms with Crippen LogP contribution in [0.25, 0.3) is 0 Å². The highest BCUT2D eigenvalue weighted by atomic mass is 16.6. The minimum absolute atomic E-state index is 0.0436. The van der Waals surface area contributed by atoms with E-state index in [0.717, 1.165) is 24.4 Å². The Hall–Kier alpha value is -3.08. The second-order valence-electron chi connectivity index (χ2n) is 11.2. The molecule has 2 aliphatic heterocycles. The van der Waals surface area contributed by atoms with Gasteiger partial charge in [0.25, 0.3) is 0 Å². The van der Waals surface area contributed by atoms with E-state index in [0.29, 0.717) is 13.1 Å². The van der Waals surface area contributed by atoms with Gasteiger partial charge in [0.2, 0.25) is 0 Å². The largest absolute Gasteiger partial charge is 0.457 e. The molecule has 0 spiro atoms. The van der Waals surface area contributed by atoms with E-state index >= 15 is 0 Å². The Bertz CT molecular complexity index is 1070. The Labute approximate surface area is 237 Å². The summed E-state index contributed by atoms with van der Waals surface area (Å²) in [7, 11) is 2.00. The summed E-state index contributed by atoms with van der Waals surface area (Å²) in [4.78, 5) is 29.5. The van der Waals surface area contributed by atoms with Crippen LogP contribution in [0, 0.1) is 5.92 Å². The zero-order valence-electron chi connectivity index (χ0n) is 24.3. The summed E-state index contributed by atoms with van der Waals surface area (Å²) in [6, 6.07) is 3.75. The second kappa shape index (κ2) is 14.5. The summed E-state index contributed by atoms with van der Waals surface area (Å²) in [5.41, 5.74) is 0.205. The van der Waals surface area contributed by atoms with Gasteiger partial charge in [-0.3, -0.25) is 4.79 Å². The van der Waals surface area contributed by atoms with Gasteiger partial charge in [0, 0.05) is 44.2 Å². The van der Waals surface area contributed by atoms with Crippen molar-refractivity contribution in [2.24, 2.45) is 5.92 Å². The fourth-order valence-electron chi connectivity index (χ4n) is 4.75. The summed E-state index contributed by atoms with van der Waals surface area (Å²) < 4.78 is 11.7. The first kappa shape index (κ1) is 31.4. The SMILES string of the molecule is C/C(=C\C=C\C(C)c1cccnn1)[C@H]1OC(=O)C[C@@H](O)CC[C@](C)(O)[C@@H](OC(=O)N2CCN(C)CC2)/C=C\[C@@H]1C. The number of cyclic esters (lactones) is 1. The molecule has 0 saturated carbocycles. The lowest BCUT2D eigenvalue weighted by molar-refractivity contribution is -0.151. The van der Waals surface area contributed by atoms with Crippen LogP contribution < -0.4 is 0 Å². The number of esters is 1. The van der Waals surface area contributed by atoms with E-state index in [4.69, 9.17) is 9.47 Å².